The van der Waals surface area contributed by atoms with Crippen molar-refractivity contribution in [1.29, 1.82) is 0 Å². The van der Waals surface area contributed by atoms with Gasteiger partial charge in [0.15, 0.2) is 14.6 Å². The molecule has 0 radical (unpaired) electrons. The molecule has 0 heterocycles. The van der Waals surface area contributed by atoms with Crippen molar-refractivity contribution in [2.45, 2.75) is 24.5 Å². The van der Waals surface area contributed by atoms with Gasteiger partial charge in [0.05, 0.1) is 5.92 Å². The number of aliphatic carboxylic acids is 2. The van der Waals surface area contributed by atoms with Crippen molar-refractivity contribution in [3.63, 3.8) is 0 Å². The van der Waals surface area contributed by atoms with E-state index in [4.69, 9.17) is 10.2 Å². The quantitative estimate of drug-likeness (QED) is 0.705. The number of carbonyl (C=O) groups is 2. The Kier molecular flexibility index (Phi) is 3.33. The van der Waals surface area contributed by atoms with Crippen molar-refractivity contribution in [1.82, 2.24) is 0 Å². The Morgan fingerprint density at radius 2 is 2.00 bits per heavy atom. The molecule has 0 bridgehead atoms. The normalized spacial score (nSPS) is 29.2. The average molecular weight is 262 g/mol. The van der Waals surface area contributed by atoms with E-state index in [1.54, 1.807) is 0 Å². The number of hydrogen-bond acceptors (Lipinski definition) is 4. The van der Waals surface area contributed by atoms with E-state index in [1.165, 1.54) is 6.92 Å². The standard InChI is InChI=1S/C10H14O6S/c1-3-17(15,16)10(9(13)14)5-7(8(11)12)4-6(10)2/h7H,2-5H2,1H3,(H,11,12)(H,13,14). The summed E-state index contributed by atoms with van der Waals surface area (Å²) in [5, 5.41) is 18.0. The Bertz CT molecular complexity index is 477. The van der Waals surface area contributed by atoms with Crippen LogP contribution in [0.5, 0.6) is 0 Å². The number of carboxylic acid groups (broad SMARTS) is 2. The molecule has 1 saturated carbocycles. The Morgan fingerprint density at radius 1 is 1.47 bits per heavy atom. The third kappa shape index (κ3) is 1.84. The van der Waals surface area contributed by atoms with Crippen LogP contribution in [-0.4, -0.2) is 41.1 Å². The van der Waals surface area contributed by atoms with Crippen molar-refractivity contribution >= 4 is 21.8 Å². The zero-order chi connectivity index (χ0) is 13.4. The molecular formula is C10H14O6S. The molecular weight excluding hydrogens is 248 g/mol. The maximum Gasteiger partial charge on any atom is 0.329 e. The van der Waals surface area contributed by atoms with Gasteiger partial charge in [-0.2, -0.15) is 0 Å². The average Bonchev–Trinajstić information content (AvgIpc) is 2.57. The second kappa shape index (κ2) is 4.14. The van der Waals surface area contributed by atoms with Crippen molar-refractivity contribution in [2.24, 2.45) is 5.92 Å². The molecule has 0 saturated heterocycles. The first-order valence-electron chi connectivity index (χ1n) is 5.05. The van der Waals surface area contributed by atoms with Gasteiger partial charge in [-0.15, -0.1) is 0 Å². The first-order chi connectivity index (χ1) is 7.69. The van der Waals surface area contributed by atoms with Gasteiger partial charge in [-0.1, -0.05) is 13.5 Å². The Balaban J connectivity index is 3.35. The molecule has 0 aromatic heterocycles. The predicted octanol–water partition coefficient (Wildman–Crippen LogP) is 0.295. The van der Waals surface area contributed by atoms with E-state index >= 15 is 0 Å². The predicted molar refractivity (Wildman–Crippen MR) is 59.3 cm³/mol. The second-order valence-electron chi connectivity index (χ2n) is 4.08. The van der Waals surface area contributed by atoms with Crippen LogP contribution in [0.1, 0.15) is 19.8 Å². The highest BCUT2D eigenvalue weighted by Gasteiger charge is 2.58. The molecule has 2 atom stereocenters. The smallest absolute Gasteiger partial charge is 0.329 e. The zero-order valence-corrected chi connectivity index (χ0v) is 10.2. The second-order valence-corrected chi connectivity index (χ2v) is 6.59. The summed E-state index contributed by atoms with van der Waals surface area (Å²) in [5.74, 6) is -4.08. The van der Waals surface area contributed by atoms with Gasteiger partial charge in [0.1, 0.15) is 0 Å². The topological polar surface area (TPSA) is 109 Å². The van der Waals surface area contributed by atoms with Crippen LogP contribution in [0.3, 0.4) is 0 Å². The van der Waals surface area contributed by atoms with Crippen molar-refractivity contribution < 1.29 is 28.2 Å². The largest absolute Gasteiger partial charge is 0.481 e. The van der Waals surface area contributed by atoms with E-state index in [0.29, 0.717) is 0 Å². The van der Waals surface area contributed by atoms with Crippen LogP contribution in [0, 0.1) is 5.92 Å². The summed E-state index contributed by atoms with van der Waals surface area (Å²) in [5.41, 5.74) is -0.0424. The first kappa shape index (κ1) is 13.7. The number of carboxylic acids is 2. The van der Waals surface area contributed by atoms with Crippen LogP contribution in [0.4, 0.5) is 0 Å². The van der Waals surface area contributed by atoms with E-state index in [9.17, 15) is 18.0 Å². The van der Waals surface area contributed by atoms with Gasteiger partial charge in [-0.05, 0) is 18.4 Å². The number of sulfone groups is 1. The molecule has 17 heavy (non-hydrogen) atoms. The van der Waals surface area contributed by atoms with Gasteiger partial charge >= 0.3 is 11.9 Å². The number of hydrogen-bond donors (Lipinski definition) is 2. The molecule has 0 aromatic carbocycles. The molecule has 2 N–H and O–H groups in total. The Hall–Kier alpha value is -1.37. The zero-order valence-electron chi connectivity index (χ0n) is 9.34. The fourth-order valence-electron chi connectivity index (χ4n) is 2.17. The lowest BCUT2D eigenvalue weighted by atomic mass is 10.0. The van der Waals surface area contributed by atoms with Gasteiger partial charge in [-0.25, -0.2) is 8.42 Å². The van der Waals surface area contributed by atoms with Crippen molar-refractivity contribution in [2.75, 3.05) is 5.75 Å². The van der Waals surface area contributed by atoms with E-state index in [2.05, 4.69) is 6.58 Å². The van der Waals surface area contributed by atoms with Gasteiger partial charge in [-0.3, -0.25) is 9.59 Å². The lowest BCUT2D eigenvalue weighted by Crippen LogP contribution is -2.46. The fraction of sp³-hybridized carbons (Fsp3) is 0.600. The fourth-order valence-corrected chi connectivity index (χ4v) is 3.90. The molecule has 1 fully saturated rings. The summed E-state index contributed by atoms with van der Waals surface area (Å²) in [4.78, 5) is 22.1. The minimum atomic E-state index is -3.94. The van der Waals surface area contributed by atoms with Crippen LogP contribution in [0.15, 0.2) is 12.2 Å². The maximum absolute atomic E-state index is 11.9. The van der Waals surface area contributed by atoms with Crippen molar-refractivity contribution in [3.8, 4) is 0 Å². The van der Waals surface area contributed by atoms with E-state index < -0.39 is 38.9 Å². The summed E-state index contributed by atoms with van der Waals surface area (Å²) in [6.07, 6.45) is -0.548. The SMILES string of the molecule is C=C1CC(C(=O)O)CC1(C(=O)O)S(=O)(=O)CC. The van der Waals surface area contributed by atoms with Crippen LogP contribution < -0.4 is 0 Å². The molecule has 2 unspecified atom stereocenters. The molecule has 96 valence electrons. The van der Waals surface area contributed by atoms with Crippen LogP contribution in [-0.2, 0) is 19.4 Å². The summed E-state index contributed by atoms with van der Waals surface area (Å²) in [6.45, 7) is 4.79. The third-order valence-electron chi connectivity index (χ3n) is 3.20. The van der Waals surface area contributed by atoms with E-state index in [-0.39, 0.29) is 17.7 Å². The lowest BCUT2D eigenvalue weighted by molar-refractivity contribution is -0.142. The molecule has 0 aromatic rings. The highest BCUT2D eigenvalue weighted by Crippen LogP contribution is 2.44. The maximum atomic E-state index is 11.9. The summed E-state index contributed by atoms with van der Waals surface area (Å²) in [7, 11) is -3.94. The minimum absolute atomic E-state index is 0.0424. The molecule has 6 nitrogen and oxygen atoms in total. The highest BCUT2D eigenvalue weighted by atomic mass is 32.2. The molecule has 0 amide bonds. The molecule has 1 aliphatic carbocycles. The van der Waals surface area contributed by atoms with Gasteiger partial charge in [0.2, 0.25) is 0 Å². The lowest BCUT2D eigenvalue weighted by Gasteiger charge is -2.24. The van der Waals surface area contributed by atoms with Crippen LogP contribution in [0.2, 0.25) is 0 Å². The summed E-state index contributed by atoms with van der Waals surface area (Å²) in [6, 6.07) is 0. The van der Waals surface area contributed by atoms with Gasteiger partial charge in [0.25, 0.3) is 0 Å². The Labute approximate surface area is 98.9 Å². The highest BCUT2D eigenvalue weighted by molar-refractivity contribution is 7.93. The Morgan fingerprint density at radius 3 is 2.29 bits per heavy atom. The van der Waals surface area contributed by atoms with Gasteiger partial charge < -0.3 is 10.2 Å². The molecule has 1 aliphatic rings. The van der Waals surface area contributed by atoms with Crippen molar-refractivity contribution in [3.05, 3.63) is 12.2 Å². The minimum Gasteiger partial charge on any atom is -0.481 e. The van der Waals surface area contributed by atoms with Crippen LogP contribution in [0.25, 0.3) is 0 Å². The van der Waals surface area contributed by atoms with E-state index in [1.807, 2.05) is 0 Å². The molecule has 0 spiro atoms. The van der Waals surface area contributed by atoms with Gasteiger partial charge in [0, 0.05) is 5.75 Å². The molecule has 7 heteroatoms. The third-order valence-corrected chi connectivity index (χ3v) is 5.66. The van der Waals surface area contributed by atoms with E-state index in [0.717, 1.165) is 0 Å². The summed E-state index contributed by atoms with van der Waals surface area (Å²) < 4.78 is 21.7. The molecule has 0 aliphatic heterocycles. The first-order valence-corrected chi connectivity index (χ1v) is 6.71. The summed E-state index contributed by atoms with van der Waals surface area (Å²) >= 11 is 0. The monoisotopic (exact) mass is 262 g/mol. The number of rotatable bonds is 4. The molecule has 1 rings (SSSR count). The van der Waals surface area contributed by atoms with Crippen LogP contribution >= 0.6 is 0 Å².